The SMILES string of the molecule is CCNC(=O)N1CCN(C(=O)c2ncccc2-c2ccccn2)CC1. The number of rotatable bonds is 3. The maximum atomic E-state index is 12.9. The van der Waals surface area contributed by atoms with Crippen LogP contribution in [0.5, 0.6) is 0 Å². The molecule has 130 valence electrons. The van der Waals surface area contributed by atoms with Crippen LogP contribution in [0.3, 0.4) is 0 Å². The van der Waals surface area contributed by atoms with E-state index in [1.807, 2.05) is 31.2 Å². The fraction of sp³-hybridized carbons (Fsp3) is 0.333. The Morgan fingerprint density at radius 2 is 1.72 bits per heavy atom. The first kappa shape index (κ1) is 16.9. The van der Waals surface area contributed by atoms with Gasteiger partial charge in [0.05, 0.1) is 5.69 Å². The van der Waals surface area contributed by atoms with E-state index in [1.165, 1.54) is 0 Å². The number of amides is 3. The zero-order valence-electron chi connectivity index (χ0n) is 14.2. The molecular formula is C18H21N5O2. The van der Waals surface area contributed by atoms with Crippen LogP contribution in [0.1, 0.15) is 17.4 Å². The van der Waals surface area contributed by atoms with E-state index < -0.39 is 0 Å². The summed E-state index contributed by atoms with van der Waals surface area (Å²) in [6.45, 7) is 4.51. The number of pyridine rings is 2. The van der Waals surface area contributed by atoms with E-state index in [2.05, 4.69) is 15.3 Å². The summed E-state index contributed by atoms with van der Waals surface area (Å²) in [5, 5.41) is 2.78. The third kappa shape index (κ3) is 3.76. The normalized spacial score (nSPS) is 14.3. The first-order valence-electron chi connectivity index (χ1n) is 8.39. The van der Waals surface area contributed by atoms with Crippen LogP contribution in [0.4, 0.5) is 4.79 Å². The Morgan fingerprint density at radius 3 is 2.40 bits per heavy atom. The monoisotopic (exact) mass is 339 g/mol. The molecule has 3 amide bonds. The summed E-state index contributed by atoms with van der Waals surface area (Å²) in [4.78, 5) is 36.9. The first-order valence-corrected chi connectivity index (χ1v) is 8.39. The molecule has 1 aliphatic heterocycles. The van der Waals surface area contributed by atoms with E-state index in [-0.39, 0.29) is 11.9 Å². The van der Waals surface area contributed by atoms with Gasteiger partial charge in [0.2, 0.25) is 0 Å². The van der Waals surface area contributed by atoms with Gasteiger partial charge in [-0.25, -0.2) is 4.79 Å². The largest absolute Gasteiger partial charge is 0.338 e. The van der Waals surface area contributed by atoms with Crippen LogP contribution in [0, 0.1) is 0 Å². The van der Waals surface area contributed by atoms with E-state index in [1.54, 1.807) is 28.3 Å². The second kappa shape index (κ2) is 7.74. The lowest BCUT2D eigenvalue weighted by atomic mass is 10.1. The molecule has 0 spiro atoms. The summed E-state index contributed by atoms with van der Waals surface area (Å²) in [6.07, 6.45) is 3.31. The topological polar surface area (TPSA) is 78.4 Å². The van der Waals surface area contributed by atoms with Gasteiger partial charge in [-0.2, -0.15) is 0 Å². The first-order chi connectivity index (χ1) is 12.2. The van der Waals surface area contributed by atoms with Crippen LogP contribution in [-0.4, -0.2) is 64.4 Å². The van der Waals surface area contributed by atoms with Crippen molar-refractivity contribution in [1.29, 1.82) is 0 Å². The summed E-state index contributed by atoms with van der Waals surface area (Å²) >= 11 is 0. The lowest BCUT2D eigenvalue weighted by Gasteiger charge is -2.34. The molecule has 1 saturated heterocycles. The van der Waals surface area contributed by atoms with Crippen molar-refractivity contribution in [2.24, 2.45) is 0 Å². The molecule has 7 nitrogen and oxygen atoms in total. The minimum absolute atomic E-state index is 0.0818. The van der Waals surface area contributed by atoms with Gasteiger partial charge in [-0.1, -0.05) is 6.07 Å². The fourth-order valence-electron chi connectivity index (χ4n) is 2.83. The van der Waals surface area contributed by atoms with E-state index in [4.69, 9.17) is 0 Å². The van der Waals surface area contributed by atoms with Gasteiger partial charge in [-0.05, 0) is 31.2 Å². The van der Waals surface area contributed by atoms with Crippen molar-refractivity contribution in [2.45, 2.75) is 6.92 Å². The molecule has 25 heavy (non-hydrogen) atoms. The Bertz CT molecular complexity index is 742. The zero-order valence-corrected chi connectivity index (χ0v) is 14.2. The lowest BCUT2D eigenvalue weighted by molar-refractivity contribution is 0.0660. The van der Waals surface area contributed by atoms with Crippen molar-refractivity contribution in [1.82, 2.24) is 25.1 Å². The Kier molecular flexibility index (Phi) is 5.23. The molecule has 7 heteroatoms. The van der Waals surface area contributed by atoms with Gasteiger partial charge in [0.1, 0.15) is 5.69 Å². The highest BCUT2D eigenvalue weighted by molar-refractivity contribution is 5.98. The summed E-state index contributed by atoms with van der Waals surface area (Å²) in [5.41, 5.74) is 1.84. The highest BCUT2D eigenvalue weighted by Gasteiger charge is 2.26. The highest BCUT2D eigenvalue weighted by atomic mass is 16.2. The molecule has 3 rings (SSSR count). The molecule has 1 aliphatic rings. The molecule has 2 aromatic heterocycles. The average molecular weight is 339 g/mol. The minimum atomic E-state index is -0.128. The number of hydrogen-bond acceptors (Lipinski definition) is 4. The number of urea groups is 1. The van der Waals surface area contributed by atoms with Gasteiger partial charge in [0, 0.05) is 50.7 Å². The van der Waals surface area contributed by atoms with Crippen molar-refractivity contribution in [3.8, 4) is 11.3 Å². The summed E-state index contributed by atoms with van der Waals surface area (Å²) < 4.78 is 0. The molecule has 1 N–H and O–H groups in total. The predicted molar refractivity (Wildman–Crippen MR) is 94.0 cm³/mol. The molecule has 0 bridgehead atoms. The van der Waals surface area contributed by atoms with Crippen molar-refractivity contribution in [3.63, 3.8) is 0 Å². The van der Waals surface area contributed by atoms with Gasteiger partial charge in [0.25, 0.3) is 5.91 Å². The molecule has 0 aliphatic carbocycles. The van der Waals surface area contributed by atoms with Crippen LogP contribution in [-0.2, 0) is 0 Å². The highest BCUT2D eigenvalue weighted by Crippen LogP contribution is 2.21. The van der Waals surface area contributed by atoms with E-state index in [9.17, 15) is 9.59 Å². The van der Waals surface area contributed by atoms with E-state index in [0.717, 1.165) is 11.3 Å². The summed E-state index contributed by atoms with van der Waals surface area (Å²) in [7, 11) is 0. The molecule has 0 atom stereocenters. The van der Waals surface area contributed by atoms with E-state index >= 15 is 0 Å². The Morgan fingerprint density at radius 1 is 1.00 bits per heavy atom. The van der Waals surface area contributed by atoms with Gasteiger partial charge in [-0.3, -0.25) is 14.8 Å². The number of hydrogen-bond donors (Lipinski definition) is 1. The number of carbonyl (C=O) groups excluding carboxylic acids is 2. The van der Waals surface area contributed by atoms with Gasteiger partial charge < -0.3 is 15.1 Å². The molecule has 0 unspecified atom stereocenters. The van der Waals surface area contributed by atoms with Crippen molar-refractivity contribution < 1.29 is 9.59 Å². The number of piperazine rings is 1. The van der Waals surface area contributed by atoms with Crippen LogP contribution < -0.4 is 5.32 Å². The molecule has 0 radical (unpaired) electrons. The zero-order chi connectivity index (χ0) is 17.6. The minimum Gasteiger partial charge on any atom is -0.338 e. The number of nitrogens with zero attached hydrogens (tertiary/aromatic N) is 4. The second-order valence-electron chi connectivity index (χ2n) is 5.73. The number of nitrogens with one attached hydrogen (secondary N) is 1. The fourth-order valence-corrected chi connectivity index (χ4v) is 2.83. The molecular weight excluding hydrogens is 318 g/mol. The van der Waals surface area contributed by atoms with Crippen molar-refractivity contribution >= 4 is 11.9 Å². The molecule has 2 aromatic rings. The van der Waals surface area contributed by atoms with Gasteiger partial charge in [0.15, 0.2) is 0 Å². The number of carbonyl (C=O) groups is 2. The van der Waals surface area contributed by atoms with Crippen LogP contribution in [0.2, 0.25) is 0 Å². The quantitative estimate of drug-likeness (QED) is 0.922. The Hall–Kier alpha value is -2.96. The third-order valence-corrected chi connectivity index (χ3v) is 4.13. The Balaban J connectivity index is 1.74. The maximum absolute atomic E-state index is 12.9. The van der Waals surface area contributed by atoms with Crippen LogP contribution >= 0.6 is 0 Å². The predicted octanol–water partition coefficient (Wildman–Crippen LogP) is 1.63. The molecule has 0 saturated carbocycles. The van der Waals surface area contributed by atoms with Crippen LogP contribution in [0.15, 0.2) is 42.7 Å². The lowest BCUT2D eigenvalue weighted by Crippen LogP contribution is -2.53. The Labute approximate surface area is 146 Å². The molecule has 3 heterocycles. The molecule has 0 aromatic carbocycles. The van der Waals surface area contributed by atoms with Crippen molar-refractivity contribution in [3.05, 3.63) is 48.4 Å². The van der Waals surface area contributed by atoms with Crippen LogP contribution in [0.25, 0.3) is 11.3 Å². The number of aromatic nitrogens is 2. The second-order valence-corrected chi connectivity index (χ2v) is 5.73. The smallest absolute Gasteiger partial charge is 0.317 e. The van der Waals surface area contributed by atoms with E-state index in [0.29, 0.717) is 38.4 Å². The third-order valence-electron chi connectivity index (χ3n) is 4.13. The maximum Gasteiger partial charge on any atom is 0.317 e. The van der Waals surface area contributed by atoms with Gasteiger partial charge >= 0.3 is 6.03 Å². The molecule has 1 fully saturated rings. The summed E-state index contributed by atoms with van der Waals surface area (Å²) in [5.74, 6) is -0.128. The van der Waals surface area contributed by atoms with Gasteiger partial charge in [-0.15, -0.1) is 0 Å². The average Bonchev–Trinajstić information content (AvgIpc) is 2.68. The standard InChI is InChI=1S/C18H21N5O2/c1-2-19-18(25)23-12-10-22(11-13-23)17(24)16-14(6-5-9-21-16)15-7-3-4-8-20-15/h3-9H,2,10-13H2,1H3,(H,19,25). The summed E-state index contributed by atoms with van der Waals surface area (Å²) in [6, 6.07) is 9.15. The van der Waals surface area contributed by atoms with Crippen molar-refractivity contribution in [2.75, 3.05) is 32.7 Å².